The average Bonchev–Trinajstić information content (AvgIpc) is 2.48. The molecule has 1 saturated heterocycles. The second kappa shape index (κ2) is 6.76. The first-order valence-corrected chi connectivity index (χ1v) is 8.99. The Balaban J connectivity index is 1.58. The maximum atomic E-state index is 13.1. The van der Waals surface area contributed by atoms with E-state index in [0.29, 0.717) is 5.56 Å². The molecule has 4 nitrogen and oxygen atoms in total. The van der Waals surface area contributed by atoms with Crippen molar-refractivity contribution in [3.05, 3.63) is 64.7 Å². The molecule has 1 aliphatic heterocycles. The molecule has 0 N–H and O–H groups in total. The summed E-state index contributed by atoms with van der Waals surface area (Å²) in [6, 6.07) is 9.32. The minimum atomic E-state index is -3.72. The lowest BCUT2D eigenvalue weighted by atomic mass is 10.2. The molecule has 1 aliphatic rings. The van der Waals surface area contributed by atoms with Gasteiger partial charge in [-0.1, -0.05) is 23.7 Å². The van der Waals surface area contributed by atoms with E-state index >= 15 is 0 Å². The van der Waals surface area contributed by atoms with Gasteiger partial charge in [-0.25, -0.2) is 17.2 Å². The minimum Gasteiger partial charge on any atom is -0.371 e. The molecule has 0 atom stereocenters. The highest BCUT2D eigenvalue weighted by Crippen LogP contribution is 2.26. The molecule has 0 bridgehead atoms. The average molecular weight is 374 g/mol. The molecule has 0 aliphatic carbocycles. The number of ether oxygens (including phenoxy) is 1. The zero-order valence-electron chi connectivity index (χ0n) is 12.5. The largest absolute Gasteiger partial charge is 0.371 e. The molecule has 2 aromatic rings. The van der Waals surface area contributed by atoms with Crippen molar-refractivity contribution in [1.82, 2.24) is 4.31 Å². The van der Waals surface area contributed by atoms with Gasteiger partial charge < -0.3 is 4.74 Å². The second-order valence-electron chi connectivity index (χ2n) is 5.46. The molecule has 1 heterocycles. The van der Waals surface area contributed by atoms with Crippen LogP contribution >= 0.6 is 11.6 Å². The highest BCUT2D eigenvalue weighted by atomic mass is 35.5. The van der Waals surface area contributed by atoms with Gasteiger partial charge in [-0.15, -0.1) is 0 Å². The highest BCUT2D eigenvalue weighted by molar-refractivity contribution is 7.89. The topological polar surface area (TPSA) is 46.6 Å². The van der Waals surface area contributed by atoms with Crippen molar-refractivity contribution in [3.8, 4) is 0 Å². The molecule has 24 heavy (non-hydrogen) atoms. The van der Waals surface area contributed by atoms with Crippen LogP contribution in [0, 0.1) is 11.6 Å². The predicted molar refractivity (Wildman–Crippen MR) is 85.1 cm³/mol. The molecular weight excluding hydrogens is 360 g/mol. The summed E-state index contributed by atoms with van der Waals surface area (Å²) in [6.45, 7) is 0.581. The molecule has 0 unspecified atom stereocenters. The minimum absolute atomic E-state index is 0.0579. The van der Waals surface area contributed by atoms with Gasteiger partial charge in [0.15, 0.2) is 0 Å². The van der Waals surface area contributed by atoms with Crippen molar-refractivity contribution in [2.45, 2.75) is 17.6 Å². The molecule has 2 aromatic carbocycles. The first-order valence-electron chi connectivity index (χ1n) is 7.17. The fourth-order valence-corrected chi connectivity index (χ4v) is 4.10. The smallest absolute Gasteiger partial charge is 0.243 e. The molecule has 3 rings (SSSR count). The van der Waals surface area contributed by atoms with Crippen molar-refractivity contribution in [3.63, 3.8) is 0 Å². The van der Waals surface area contributed by atoms with E-state index in [1.165, 1.54) is 22.5 Å². The van der Waals surface area contributed by atoms with Gasteiger partial charge in [0, 0.05) is 13.1 Å². The van der Waals surface area contributed by atoms with Crippen molar-refractivity contribution >= 4 is 21.6 Å². The summed E-state index contributed by atoms with van der Waals surface area (Å²) in [4.78, 5) is -0.0579. The van der Waals surface area contributed by atoms with Crippen molar-refractivity contribution in [1.29, 1.82) is 0 Å². The third-order valence-electron chi connectivity index (χ3n) is 3.72. The summed E-state index contributed by atoms with van der Waals surface area (Å²) in [6.07, 6.45) is -0.265. The predicted octanol–water partition coefficient (Wildman–Crippen LogP) is 3.21. The first kappa shape index (κ1) is 17.3. The van der Waals surface area contributed by atoms with Gasteiger partial charge in [0.05, 0.1) is 22.6 Å². The SMILES string of the molecule is O=S(=O)(c1ccc(F)c(Cl)c1)N1CC(OCc2cccc(F)c2)C1. The third-order valence-corrected chi connectivity index (χ3v) is 5.84. The van der Waals surface area contributed by atoms with Crippen molar-refractivity contribution < 1.29 is 21.9 Å². The van der Waals surface area contributed by atoms with E-state index in [-0.39, 0.29) is 41.5 Å². The van der Waals surface area contributed by atoms with Gasteiger partial charge in [0.2, 0.25) is 10.0 Å². The standard InChI is InChI=1S/C16H14ClF2NO3S/c17-15-7-14(4-5-16(15)19)24(21,22)20-8-13(9-20)23-10-11-2-1-3-12(18)6-11/h1-7,13H,8-10H2. The molecule has 128 valence electrons. The Kier molecular flexibility index (Phi) is 4.87. The van der Waals surface area contributed by atoms with Crippen LogP contribution in [0.25, 0.3) is 0 Å². The molecular formula is C16H14ClF2NO3S. The molecule has 8 heteroatoms. The van der Waals surface area contributed by atoms with E-state index in [9.17, 15) is 17.2 Å². The van der Waals surface area contributed by atoms with Crippen LogP contribution < -0.4 is 0 Å². The van der Waals surface area contributed by atoms with Gasteiger partial charge >= 0.3 is 0 Å². The Morgan fingerprint density at radius 1 is 1.17 bits per heavy atom. The second-order valence-corrected chi connectivity index (χ2v) is 7.81. The Bertz CT molecular complexity index is 854. The lowest BCUT2D eigenvalue weighted by Crippen LogP contribution is -2.54. The molecule has 0 aromatic heterocycles. The summed E-state index contributed by atoms with van der Waals surface area (Å²) in [5, 5.41) is -0.240. The first-order chi connectivity index (χ1) is 11.4. The van der Waals surface area contributed by atoms with E-state index in [2.05, 4.69) is 0 Å². The summed E-state index contributed by atoms with van der Waals surface area (Å²) in [5.74, 6) is -1.02. The van der Waals surface area contributed by atoms with Crippen molar-refractivity contribution in [2.24, 2.45) is 0 Å². The van der Waals surface area contributed by atoms with Crippen LogP contribution in [0.3, 0.4) is 0 Å². The Morgan fingerprint density at radius 2 is 1.92 bits per heavy atom. The number of sulfonamides is 1. The van der Waals surface area contributed by atoms with E-state index in [0.717, 1.165) is 12.1 Å². The zero-order chi connectivity index (χ0) is 17.3. The molecule has 0 radical (unpaired) electrons. The molecule has 0 saturated carbocycles. The van der Waals surface area contributed by atoms with E-state index < -0.39 is 15.8 Å². The van der Waals surface area contributed by atoms with Gasteiger partial charge in [-0.3, -0.25) is 0 Å². The summed E-state index contributed by atoms with van der Waals surface area (Å²) >= 11 is 5.63. The Hall–Kier alpha value is -1.54. The van der Waals surface area contributed by atoms with Gasteiger partial charge in [-0.05, 0) is 35.9 Å². The normalized spacial score (nSPS) is 16.1. The van der Waals surface area contributed by atoms with Crippen LogP contribution in [-0.4, -0.2) is 31.9 Å². The fourth-order valence-electron chi connectivity index (χ4n) is 2.33. The van der Waals surface area contributed by atoms with Crippen molar-refractivity contribution in [2.75, 3.05) is 13.1 Å². The highest BCUT2D eigenvalue weighted by Gasteiger charge is 2.37. The number of hydrogen-bond acceptors (Lipinski definition) is 3. The quantitative estimate of drug-likeness (QED) is 0.808. The summed E-state index contributed by atoms with van der Waals surface area (Å²) < 4.78 is 57.8. The lowest BCUT2D eigenvalue weighted by molar-refractivity contribution is -0.0296. The van der Waals surface area contributed by atoms with Crippen LogP contribution in [-0.2, 0) is 21.4 Å². The Labute approximate surface area is 143 Å². The van der Waals surface area contributed by atoms with Crippen LogP contribution in [0.1, 0.15) is 5.56 Å². The number of benzene rings is 2. The number of halogens is 3. The maximum Gasteiger partial charge on any atom is 0.243 e. The maximum absolute atomic E-state index is 13.1. The monoisotopic (exact) mass is 373 g/mol. The number of rotatable bonds is 5. The van der Waals surface area contributed by atoms with Crippen LogP contribution in [0.15, 0.2) is 47.4 Å². The van der Waals surface area contributed by atoms with Crippen LogP contribution in [0.5, 0.6) is 0 Å². The van der Waals surface area contributed by atoms with E-state index in [1.807, 2.05) is 0 Å². The van der Waals surface area contributed by atoms with E-state index in [1.54, 1.807) is 12.1 Å². The molecule has 0 spiro atoms. The van der Waals surface area contributed by atoms with Gasteiger partial charge in [0.1, 0.15) is 11.6 Å². The number of nitrogens with zero attached hydrogens (tertiary/aromatic N) is 1. The summed E-state index contributed by atoms with van der Waals surface area (Å²) in [5.41, 5.74) is 0.682. The third kappa shape index (κ3) is 3.59. The van der Waals surface area contributed by atoms with E-state index in [4.69, 9.17) is 16.3 Å². The molecule has 0 amide bonds. The molecule has 1 fully saturated rings. The lowest BCUT2D eigenvalue weighted by Gasteiger charge is -2.37. The Morgan fingerprint density at radius 3 is 2.58 bits per heavy atom. The fraction of sp³-hybridized carbons (Fsp3) is 0.250. The van der Waals surface area contributed by atoms with Gasteiger partial charge in [0.25, 0.3) is 0 Å². The summed E-state index contributed by atoms with van der Waals surface area (Å²) in [7, 11) is -3.72. The number of hydrogen-bond donors (Lipinski definition) is 0. The van der Waals surface area contributed by atoms with Crippen LogP contribution in [0.4, 0.5) is 8.78 Å². The zero-order valence-corrected chi connectivity index (χ0v) is 14.0. The van der Waals surface area contributed by atoms with Gasteiger partial charge in [-0.2, -0.15) is 4.31 Å². The van der Waals surface area contributed by atoms with Crippen LogP contribution in [0.2, 0.25) is 5.02 Å².